The number of carbonyl (C=O) groups excluding carboxylic acids is 2. The van der Waals surface area contributed by atoms with Gasteiger partial charge in [0.1, 0.15) is 12.4 Å². The lowest BCUT2D eigenvalue weighted by molar-refractivity contribution is -0.123. The molecule has 2 amide bonds. The van der Waals surface area contributed by atoms with Gasteiger partial charge in [0.2, 0.25) is 0 Å². The summed E-state index contributed by atoms with van der Waals surface area (Å²) < 4.78 is 18.5. The van der Waals surface area contributed by atoms with Crippen molar-refractivity contribution in [3.05, 3.63) is 76.3 Å². The van der Waals surface area contributed by atoms with Crippen LogP contribution in [0.4, 0.5) is 4.79 Å². The average Bonchev–Trinajstić information content (AvgIpc) is 3.46. The molecule has 2 aromatic heterocycles. The fraction of sp³-hybridized carbons (Fsp3) is 0.250. The van der Waals surface area contributed by atoms with Crippen LogP contribution in [0.5, 0.6) is 11.5 Å². The van der Waals surface area contributed by atoms with E-state index < -0.39 is 0 Å². The molecule has 0 atom stereocenters. The summed E-state index contributed by atoms with van der Waals surface area (Å²) in [6.45, 7) is 4.96. The first-order chi connectivity index (χ1) is 15.5. The highest BCUT2D eigenvalue weighted by molar-refractivity contribution is 8.18. The molecule has 0 N–H and O–H groups in total. The fourth-order valence-electron chi connectivity index (χ4n) is 3.59. The number of nitrogens with zero attached hydrogens (tertiary/aromatic N) is 2. The number of para-hydroxylation sites is 2. The average molecular weight is 453 g/mol. The summed E-state index contributed by atoms with van der Waals surface area (Å²) in [6, 6.07) is 13.1. The Morgan fingerprint density at radius 2 is 1.88 bits per heavy atom. The van der Waals surface area contributed by atoms with E-state index in [1.807, 2.05) is 44.2 Å². The van der Waals surface area contributed by atoms with Gasteiger partial charge in [-0.25, -0.2) is 0 Å². The highest BCUT2D eigenvalue weighted by Crippen LogP contribution is 2.33. The molecule has 1 fully saturated rings. The Labute approximate surface area is 190 Å². The van der Waals surface area contributed by atoms with Gasteiger partial charge < -0.3 is 18.5 Å². The van der Waals surface area contributed by atoms with Gasteiger partial charge in [0.05, 0.1) is 31.4 Å². The fourth-order valence-corrected chi connectivity index (χ4v) is 4.45. The number of amides is 2. The summed E-state index contributed by atoms with van der Waals surface area (Å²) >= 11 is 0.950. The topological polar surface area (TPSA) is 73.9 Å². The van der Waals surface area contributed by atoms with Crippen molar-refractivity contribution in [3.8, 4) is 11.5 Å². The largest absolute Gasteiger partial charge is 0.493 e. The van der Waals surface area contributed by atoms with E-state index in [0.717, 1.165) is 34.5 Å². The molecule has 1 aromatic carbocycles. The summed E-state index contributed by atoms with van der Waals surface area (Å²) in [5.41, 5.74) is 2.96. The van der Waals surface area contributed by atoms with Crippen LogP contribution in [0, 0.1) is 13.8 Å². The Bertz CT molecular complexity index is 1160. The molecule has 0 bridgehead atoms. The predicted molar refractivity (Wildman–Crippen MR) is 123 cm³/mol. The summed E-state index contributed by atoms with van der Waals surface area (Å²) in [6.07, 6.45) is 3.44. The quantitative estimate of drug-likeness (QED) is 0.454. The third kappa shape index (κ3) is 4.45. The van der Waals surface area contributed by atoms with Crippen LogP contribution in [0.25, 0.3) is 6.08 Å². The molecular formula is C24H24N2O5S. The second-order valence-electron chi connectivity index (χ2n) is 7.32. The van der Waals surface area contributed by atoms with E-state index >= 15 is 0 Å². The number of aromatic nitrogens is 1. The zero-order chi connectivity index (χ0) is 22.7. The number of hydrogen-bond acceptors (Lipinski definition) is 6. The molecule has 0 radical (unpaired) electrons. The SMILES string of the molecule is COc1ccccc1OCCN1C(=O)S/C(=C\c2cc(C)n(Cc3ccco3)c2C)C1=O. The molecule has 3 aromatic rings. The Balaban J connectivity index is 1.44. The molecule has 0 unspecified atom stereocenters. The van der Waals surface area contributed by atoms with E-state index in [4.69, 9.17) is 13.9 Å². The molecule has 4 rings (SSSR count). The number of rotatable bonds is 8. The number of carbonyl (C=O) groups is 2. The first-order valence-corrected chi connectivity index (χ1v) is 11.0. The Morgan fingerprint density at radius 1 is 1.09 bits per heavy atom. The van der Waals surface area contributed by atoms with Crippen molar-refractivity contribution in [2.45, 2.75) is 20.4 Å². The van der Waals surface area contributed by atoms with Gasteiger partial charge in [0.25, 0.3) is 11.1 Å². The van der Waals surface area contributed by atoms with Crippen LogP contribution in [0.1, 0.15) is 22.7 Å². The molecule has 0 aliphatic carbocycles. The first-order valence-electron chi connectivity index (χ1n) is 10.2. The zero-order valence-corrected chi connectivity index (χ0v) is 19.0. The molecule has 1 aliphatic rings. The van der Waals surface area contributed by atoms with E-state index in [9.17, 15) is 9.59 Å². The smallest absolute Gasteiger partial charge is 0.293 e. The van der Waals surface area contributed by atoms with Gasteiger partial charge in [-0.05, 0) is 67.6 Å². The van der Waals surface area contributed by atoms with Crippen molar-refractivity contribution < 1.29 is 23.5 Å². The van der Waals surface area contributed by atoms with Crippen LogP contribution in [-0.2, 0) is 11.3 Å². The van der Waals surface area contributed by atoms with Gasteiger partial charge in [-0.1, -0.05) is 12.1 Å². The Hall–Kier alpha value is -3.39. The van der Waals surface area contributed by atoms with E-state index in [1.54, 1.807) is 31.6 Å². The predicted octanol–water partition coefficient (Wildman–Crippen LogP) is 4.87. The minimum Gasteiger partial charge on any atom is -0.493 e. The Morgan fingerprint density at radius 3 is 2.59 bits per heavy atom. The van der Waals surface area contributed by atoms with E-state index in [1.165, 1.54) is 4.90 Å². The number of methoxy groups -OCH3 is 1. The van der Waals surface area contributed by atoms with Crippen LogP contribution in [0.15, 0.2) is 58.1 Å². The van der Waals surface area contributed by atoms with Gasteiger partial charge in [-0.2, -0.15) is 0 Å². The maximum atomic E-state index is 12.9. The van der Waals surface area contributed by atoms with Gasteiger partial charge in [0, 0.05) is 11.4 Å². The molecule has 0 spiro atoms. The molecule has 32 heavy (non-hydrogen) atoms. The van der Waals surface area contributed by atoms with E-state index in [0.29, 0.717) is 22.9 Å². The van der Waals surface area contributed by atoms with Crippen LogP contribution in [0.3, 0.4) is 0 Å². The monoisotopic (exact) mass is 452 g/mol. The second kappa shape index (κ2) is 9.40. The van der Waals surface area contributed by atoms with Crippen LogP contribution < -0.4 is 9.47 Å². The van der Waals surface area contributed by atoms with Crippen LogP contribution >= 0.6 is 11.8 Å². The van der Waals surface area contributed by atoms with Crippen molar-refractivity contribution in [3.63, 3.8) is 0 Å². The molecule has 1 saturated heterocycles. The maximum absolute atomic E-state index is 12.9. The summed E-state index contributed by atoms with van der Waals surface area (Å²) in [4.78, 5) is 26.9. The highest BCUT2D eigenvalue weighted by atomic mass is 32.2. The normalized spacial score (nSPS) is 15.1. The molecule has 7 nitrogen and oxygen atoms in total. The van der Waals surface area contributed by atoms with Crippen molar-refractivity contribution >= 4 is 29.0 Å². The molecule has 166 valence electrons. The lowest BCUT2D eigenvalue weighted by Gasteiger charge is -2.14. The summed E-state index contributed by atoms with van der Waals surface area (Å²) in [7, 11) is 1.56. The molecule has 0 saturated carbocycles. The van der Waals surface area contributed by atoms with Gasteiger partial charge >= 0.3 is 0 Å². The number of thioether (sulfide) groups is 1. The number of hydrogen-bond donors (Lipinski definition) is 0. The summed E-state index contributed by atoms with van der Waals surface area (Å²) in [5, 5.41) is -0.297. The van der Waals surface area contributed by atoms with E-state index in [2.05, 4.69) is 4.57 Å². The Kier molecular flexibility index (Phi) is 6.41. The minimum atomic E-state index is -0.306. The summed E-state index contributed by atoms with van der Waals surface area (Å²) in [5.74, 6) is 1.72. The number of furan rings is 1. The molecular weight excluding hydrogens is 428 g/mol. The second-order valence-corrected chi connectivity index (χ2v) is 8.32. The van der Waals surface area contributed by atoms with Crippen LogP contribution in [0.2, 0.25) is 0 Å². The number of aryl methyl sites for hydroxylation is 1. The van der Waals surface area contributed by atoms with E-state index in [-0.39, 0.29) is 24.3 Å². The number of imide groups is 1. The third-order valence-corrected chi connectivity index (χ3v) is 6.22. The standard InChI is InChI=1S/C24H24N2O5S/c1-16-13-18(17(2)26(16)15-19-7-6-11-30-19)14-22-23(27)25(24(28)32-22)10-12-31-21-9-5-4-8-20(21)29-3/h4-9,11,13-14H,10,12,15H2,1-3H3/b22-14-. The molecule has 1 aliphatic heterocycles. The number of ether oxygens (including phenoxy) is 2. The zero-order valence-electron chi connectivity index (χ0n) is 18.2. The lowest BCUT2D eigenvalue weighted by Crippen LogP contribution is -2.32. The molecule has 8 heteroatoms. The number of benzene rings is 1. The van der Waals surface area contributed by atoms with Gasteiger partial charge in [0.15, 0.2) is 11.5 Å². The maximum Gasteiger partial charge on any atom is 0.293 e. The highest BCUT2D eigenvalue weighted by Gasteiger charge is 2.35. The van der Waals surface area contributed by atoms with Crippen molar-refractivity contribution in [2.75, 3.05) is 20.3 Å². The van der Waals surface area contributed by atoms with Crippen molar-refractivity contribution in [1.29, 1.82) is 0 Å². The van der Waals surface area contributed by atoms with Gasteiger partial charge in [-0.15, -0.1) is 0 Å². The van der Waals surface area contributed by atoms with Crippen LogP contribution in [-0.4, -0.2) is 40.9 Å². The molecule has 3 heterocycles. The van der Waals surface area contributed by atoms with Crippen molar-refractivity contribution in [2.24, 2.45) is 0 Å². The first kappa shape index (κ1) is 21.8. The van der Waals surface area contributed by atoms with Gasteiger partial charge in [-0.3, -0.25) is 14.5 Å². The van der Waals surface area contributed by atoms with Crippen molar-refractivity contribution in [1.82, 2.24) is 9.47 Å². The third-order valence-electron chi connectivity index (χ3n) is 5.31. The lowest BCUT2D eigenvalue weighted by atomic mass is 10.2. The minimum absolute atomic E-state index is 0.164.